The summed E-state index contributed by atoms with van der Waals surface area (Å²) in [7, 11) is 0. The smallest absolute Gasteiger partial charge is 0.191 e. The first-order valence-electron chi connectivity index (χ1n) is 5.28. The third-order valence-corrected chi connectivity index (χ3v) is 3.60. The highest BCUT2D eigenvalue weighted by Gasteiger charge is 2.20. The highest BCUT2D eigenvalue weighted by atomic mass is 32.2. The van der Waals surface area contributed by atoms with Gasteiger partial charge in [-0.1, -0.05) is 31.0 Å². The summed E-state index contributed by atoms with van der Waals surface area (Å²) in [6, 6.07) is 0.654. The largest absolute Gasteiger partial charge is 0.303 e. The van der Waals surface area contributed by atoms with Gasteiger partial charge in [-0.25, -0.2) is 0 Å². The highest BCUT2D eigenvalue weighted by molar-refractivity contribution is 7.98. The summed E-state index contributed by atoms with van der Waals surface area (Å²) in [5, 5.41) is 9.42. The Bertz CT molecular complexity index is 302. The van der Waals surface area contributed by atoms with Crippen LogP contribution in [0.5, 0.6) is 0 Å². The van der Waals surface area contributed by atoms with Gasteiger partial charge in [0.15, 0.2) is 5.16 Å². The molecule has 1 aromatic heterocycles. The van der Waals surface area contributed by atoms with Crippen LogP contribution in [0.25, 0.3) is 0 Å². The molecule has 0 aliphatic heterocycles. The van der Waals surface area contributed by atoms with Crippen molar-refractivity contribution in [2.75, 3.05) is 6.26 Å². The molecule has 2 rings (SSSR count). The lowest BCUT2D eigenvalue weighted by atomic mass is 9.95. The monoisotopic (exact) mass is 211 g/mol. The summed E-state index contributed by atoms with van der Waals surface area (Å²) in [5.41, 5.74) is 0. The van der Waals surface area contributed by atoms with Crippen LogP contribution in [0.1, 0.15) is 44.0 Å². The molecule has 0 radical (unpaired) electrons. The van der Waals surface area contributed by atoms with Gasteiger partial charge >= 0.3 is 0 Å². The molecular formula is C10H17N3S. The summed E-state index contributed by atoms with van der Waals surface area (Å²) in [5.74, 6) is 1.07. The second-order valence-corrected chi connectivity index (χ2v) is 4.67. The molecule has 0 unspecified atom stereocenters. The summed E-state index contributed by atoms with van der Waals surface area (Å²) in [6.07, 6.45) is 8.78. The van der Waals surface area contributed by atoms with E-state index in [1.165, 1.54) is 32.1 Å². The van der Waals surface area contributed by atoms with E-state index < -0.39 is 0 Å². The molecule has 0 atom stereocenters. The Kier molecular flexibility index (Phi) is 3.11. The zero-order valence-corrected chi connectivity index (χ0v) is 9.68. The molecule has 1 aliphatic rings. The van der Waals surface area contributed by atoms with Gasteiger partial charge in [-0.15, -0.1) is 10.2 Å². The van der Waals surface area contributed by atoms with E-state index in [4.69, 9.17) is 0 Å². The normalized spacial score (nSPS) is 18.7. The van der Waals surface area contributed by atoms with Crippen LogP contribution in [-0.4, -0.2) is 21.0 Å². The van der Waals surface area contributed by atoms with Gasteiger partial charge in [-0.05, 0) is 26.0 Å². The third-order valence-electron chi connectivity index (χ3n) is 2.96. The van der Waals surface area contributed by atoms with E-state index in [9.17, 15) is 0 Å². The van der Waals surface area contributed by atoms with Crippen molar-refractivity contribution in [2.45, 2.75) is 50.2 Å². The Hall–Kier alpha value is -0.510. The van der Waals surface area contributed by atoms with Crippen molar-refractivity contribution >= 4 is 11.8 Å². The fourth-order valence-electron chi connectivity index (χ4n) is 2.25. The number of aryl methyl sites for hydroxylation is 1. The predicted octanol–water partition coefficient (Wildman–Crippen LogP) is 2.81. The van der Waals surface area contributed by atoms with Crippen molar-refractivity contribution in [2.24, 2.45) is 0 Å². The lowest BCUT2D eigenvalue weighted by molar-refractivity contribution is 0.332. The summed E-state index contributed by atoms with van der Waals surface area (Å²) < 4.78 is 2.32. The van der Waals surface area contributed by atoms with Crippen molar-refractivity contribution < 1.29 is 0 Å². The molecule has 0 N–H and O–H groups in total. The number of hydrogen-bond donors (Lipinski definition) is 0. The summed E-state index contributed by atoms with van der Waals surface area (Å²) in [4.78, 5) is 0. The predicted molar refractivity (Wildman–Crippen MR) is 58.7 cm³/mol. The lowest BCUT2D eigenvalue weighted by Gasteiger charge is -2.24. The molecule has 0 amide bonds. The van der Waals surface area contributed by atoms with E-state index >= 15 is 0 Å². The molecule has 4 heteroatoms. The van der Waals surface area contributed by atoms with Crippen LogP contribution in [0.4, 0.5) is 0 Å². The molecular weight excluding hydrogens is 194 g/mol. The Morgan fingerprint density at radius 1 is 1.21 bits per heavy atom. The van der Waals surface area contributed by atoms with Gasteiger partial charge in [0.25, 0.3) is 0 Å². The molecule has 0 bridgehead atoms. The quantitative estimate of drug-likeness (QED) is 0.705. The van der Waals surface area contributed by atoms with E-state index in [2.05, 4.69) is 27.9 Å². The standard InChI is InChI=1S/C10H17N3S/c1-8-11-12-10(14-2)13(8)9-6-4-3-5-7-9/h9H,3-7H2,1-2H3. The molecule has 0 saturated heterocycles. The first-order chi connectivity index (χ1) is 6.83. The summed E-state index contributed by atoms with van der Waals surface area (Å²) >= 11 is 1.70. The molecule has 1 fully saturated rings. The molecule has 1 aromatic rings. The lowest BCUT2D eigenvalue weighted by Crippen LogP contribution is -2.15. The Balaban J connectivity index is 2.23. The maximum atomic E-state index is 4.19. The maximum absolute atomic E-state index is 4.19. The van der Waals surface area contributed by atoms with Gasteiger partial charge < -0.3 is 4.57 Å². The number of nitrogens with zero attached hydrogens (tertiary/aromatic N) is 3. The van der Waals surface area contributed by atoms with E-state index in [0.29, 0.717) is 6.04 Å². The molecule has 78 valence electrons. The summed E-state index contributed by atoms with van der Waals surface area (Å²) in [6.45, 7) is 2.06. The van der Waals surface area contributed by atoms with Crippen LogP contribution in [-0.2, 0) is 0 Å². The van der Waals surface area contributed by atoms with Crippen LogP contribution in [0.15, 0.2) is 5.16 Å². The zero-order chi connectivity index (χ0) is 9.97. The van der Waals surface area contributed by atoms with Crippen LogP contribution in [0.3, 0.4) is 0 Å². The number of rotatable bonds is 2. The van der Waals surface area contributed by atoms with E-state index in [0.717, 1.165) is 11.0 Å². The Morgan fingerprint density at radius 3 is 2.57 bits per heavy atom. The fraction of sp³-hybridized carbons (Fsp3) is 0.800. The van der Waals surface area contributed by atoms with Crippen molar-refractivity contribution in [1.82, 2.24) is 14.8 Å². The average Bonchev–Trinajstić information content (AvgIpc) is 2.61. The number of thioether (sulfide) groups is 1. The van der Waals surface area contributed by atoms with Crippen LogP contribution < -0.4 is 0 Å². The number of aromatic nitrogens is 3. The van der Waals surface area contributed by atoms with Crippen LogP contribution in [0.2, 0.25) is 0 Å². The van der Waals surface area contributed by atoms with E-state index in [-0.39, 0.29) is 0 Å². The Labute approximate surface area is 89.3 Å². The highest BCUT2D eigenvalue weighted by Crippen LogP contribution is 2.31. The van der Waals surface area contributed by atoms with Gasteiger partial charge in [0.2, 0.25) is 0 Å². The van der Waals surface area contributed by atoms with E-state index in [1.54, 1.807) is 11.8 Å². The van der Waals surface area contributed by atoms with Crippen LogP contribution >= 0.6 is 11.8 Å². The van der Waals surface area contributed by atoms with Gasteiger partial charge in [-0.3, -0.25) is 0 Å². The zero-order valence-electron chi connectivity index (χ0n) is 8.86. The van der Waals surface area contributed by atoms with Gasteiger partial charge in [-0.2, -0.15) is 0 Å². The van der Waals surface area contributed by atoms with Gasteiger partial charge in [0.05, 0.1) is 0 Å². The van der Waals surface area contributed by atoms with Gasteiger partial charge in [0, 0.05) is 6.04 Å². The minimum absolute atomic E-state index is 0.654. The molecule has 0 spiro atoms. The minimum atomic E-state index is 0.654. The maximum Gasteiger partial charge on any atom is 0.191 e. The van der Waals surface area contributed by atoms with Crippen molar-refractivity contribution in [3.63, 3.8) is 0 Å². The average molecular weight is 211 g/mol. The Morgan fingerprint density at radius 2 is 1.93 bits per heavy atom. The van der Waals surface area contributed by atoms with Crippen molar-refractivity contribution in [1.29, 1.82) is 0 Å². The van der Waals surface area contributed by atoms with Crippen LogP contribution in [0, 0.1) is 6.92 Å². The molecule has 1 aliphatic carbocycles. The minimum Gasteiger partial charge on any atom is -0.303 e. The fourth-order valence-corrected chi connectivity index (χ4v) is 2.85. The molecule has 1 heterocycles. The molecule has 14 heavy (non-hydrogen) atoms. The molecule has 0 aromatic carbocycles. The van der Waals surface area contributed by atoms with E-state index in [1.807, 2.05) is 0 Å². The third kappa shape index (κ3) is 1.80. The van der Waals surface area contributed by atoms with Gasteiger partial charge in [0.1, 0.15) is 5.82 Å². The second-order valence-electron chi connectivity index (χ2n) is 3.90. The molecule has 1 saturated carbocycles. The SMILES string of the molecule is CSc1nnc(C)n1C1CCCCC1. The van der Waals surface area contributed by atoms with Crippen molar-refractivity contribution in [3.05, 3.63) is 5.82 Å². The first kappa shape index (κ1) is 10.0. The molecule has 3 nitrogen and oxygen atoms in total. The second kappa shape index (κ2) is 4.34. The topological polar surface area (TPSA) is 30.7 Å². The van der Waals surface area contributed by atoms with Crippen molar-refractivity contribution in [3.8, 4) is 0 Å². The number of hydrogen-bond acceptors (Lipinski definition) is 3. The first-order valence-corrected chi connectivity index (χ1v) is 6.51.